The molecule has 0 amide bonds. The number of aromatic nitrogens is 3. The highest BCUT2D eigenvalue weighted by molar-refractivity contribution is 6.18. The molecule has 234 valence electrons. The predicted octanol–water partition coefficient (Wildman–Crippen LogP) is 12.0. The molecule has 7 aromatic carbocycles. The van der Waals surface area contributed by atoms with Gasteiger partial charge in [0.05, 0.1) is 0 Å². The molecule has 0 atom stereocenters. The molecule has 10 rings (SSSR count). The Morgan fingerprint density at radius 1 is 0.320 bits per heavy atom. The molecule has 5 heteroatoms. The topological polar surface area (TPSA) is 65.0 Å². The molecule has 0 unspecified atom stereocenters. The molecule has 0 N–H and O–H groups in total. The molecule has 0 fully saturated rings. The van der Waals surface area contributed by atoms with Gasteiger partial charge >= 0.3 is 0 Å². The Hall–Kier alpha value is -6.85. The molecule has 0 saturated carbocycles. The van der Waals surface area contributed by atoms with Gasteiger partial charge in [0.2, 0.25) is 0 Å². The van der Waals surface area contributed by atoms with Crippen LogP contribution in [0.5, 0.6) is 0 Å². The van der Waals surface area contributed by atoms with Gasteiger partial charge in [-0.05, 0) is 35.4 Å². The highest BCUT2D eigenvalue weighted by atomic mass is 16.3. The molecule has 0 spiro atoms. The fraction of sp³-hybridized carbons (Fsp3) is 0. The van der Waals surface area contributed by atoms with Gasteiger partial charge in [0.15, 0.2) is 17.5 Å². The smallest absolute Gasteiger partial charge is 0.164 e. The van der Waals surface area contributed by atoms with Crippen molar-refractivity contribution in [2.75, 3.05) is 0 Å². The first kappa shape index (κ1) is 28.2. The van der Waals surface area contributed by atoms with Gasteiger partial charge in [-0.1, -0.05) is 140 Å². The van der Waals surface area contributed by atoms with Crippen LogP contribution < -0.4 is 0 Å². The SMILES string of the molecule is c1ccc(-c2cc(-c3cccc4c3oc3cccc(-c5nc(-c6ccccc6)nc(-c6ccccc6)n5)c34)c3oc4ccccc4c3c2)cc1. The van der Waals surface area contributed by atoms with E-state index in [4.69, 9.17) is 23.8 Å². The Bertz CT molecular complexity index is 2800. The van der Waals surface area contributed by atoms with E-state index in [-0.39, 0.29) is 0 Å². The molecule has 0 aliphatic carbocycles. The molecular formula is C45H27N3O2. The number of benzene rings is 7. The van der Waals surface area contributed by atoms with Crippen LogP contribution >= 0.6 is 0 Å². The lowest BCUT2D eigenvalue weighted by Crippen LogP contribution is -2.00. The van der Waals surface area contributed by atoms with Crippen molar-refractivity contribution in [2.24, 2.45) is 0 Å². The third-order valence-electron chi connectivity index (χ3n) is 9.34. The zero-order valence-corrected chi connectivity index (χ0v) is 26.7. The van der Waals surface area contributed by atoms with E-state index >= 15 is 0 Å². The van der Waals surface area contributed by atoms with Crippen molar-refractivity contribution in [3.63, 3.8) is 0 Å². The standard InChI is InChI=1S/C45H27N3O2/c1-4-14-28(15-5-1)31-26-36-32-20-10-11-24-38(32)49-42(36)37(27-31)33-21-12-22-34-40-35(23-13-25-39(40)50-41(33)34)45-47-43(29-16-6-2-7-17-29)46-44(48-45)30-18-8-3-9-19-30/h1-27H. The van der Waals surface area contributed by atoms with Gasteiger partial charge in [-0.15, -0.1) is 0 Å². The predicted molar refractivity (Wildman–Crippen MR) is 202 cm³/mol. The van der Waals surface area contributed by atoms with E-state index in [9.17, 15) is 0 Å². The number of fused-ring (bicyclic) bond motifs is 6. The van der Waals surface area contributed by atoms with Crippen molar-refractivity contribution < 1.29 is 8.83 Å². The van der Waals surface area contributed by atoms with E-state index in [2.05, 4.69) is 72.8 Å². The van der Waals surface area contributed by atoms with Crippen LogP contribution in [0.2, 0.25) is 0 Å². The summed E-state index contributed by atoms with van der Waals surface area (Å²) in [7, 11) is 0. The first-order valence-corrected chi connectivity index (χ1v) is 16.6. The summed E-state index contributed by atoms with van der Waals surface area (Å²) in [4.78, 5) is 15.0. The van der Waals surface area contributed by atoms with E-state index in [1.807, 2.05) is 91.0 Å². The Morgan fingerprint density at radius 2 is 0.840 bits per heavy atom. The molecule has 0 aliphatic heterocycles. The summed E-state index contributed by atoms with van der Waals surface area (Å²) in [5, 5.41) is 4.08. The second-order valence-electron chi connectivity index (χ2n) is 12.4. The van der Waals surface area contributed by atoms with Gasteiger partial charge in [-0.2, -0.15) is 0 Å². The summed E-state index contributed by atoms with van der Waals surface area (Å²) in [6, 6.07) is 55.6. The van der Waals surface area contributed by atoms with Crippen molar-refractivity contribution in [3.05, 3.63) is 164 Å². The second kappa shape index (κ2) is 11.4. The van der Waals surface area contributed by atoms with Crippen LogP contribution in [-0.2, 0) is 0 Å². The molecule has 10 aromatic rings. The maximum atomic E-state index is 6.79. The molecule has 0 radical (unpaired) electrons. The quantitative estimate of drug-likeness (QED) is 0.187. The van der Waals surface area contributed by atoms with Crippen molar-refractivity contribution in [1.29, 1.82) is 0 Å². The van der Waals surface area contributed by atoms with Crippen LogP contribution in [0.1, 0.15) is 0 Å². The number of furan rings is 2. The van der Waals surface area contributed by atoms with Gasteiger partial charge in [-0.25, -0.2) is 15.0 Å². The van der Waals surface area contributed by atoms with Crippen LogP contribution in [0.15, 0.2) is 173 Å². The third kappa shape index (κ3) is 4.60. The zero-order valence-electron chi connectivity index (χ0n) is 26.7. The minimum absolute atomic E-state index is 0.585. The summed E-state index contributed by atoms with van der Waals surface area (Å²) < 4.78 is 13.4. The fourth-order valence-electron chi connectivity index (χ4n) is 7.00. The van der Waals surface area contributed by atoms with Crippen molar-refractivity contribution in [1.82, 2.24) is 15.0 Å². The first-order chi connectivity index (χ1) is 24.8. The molecule has 0 aliphatic rings. The van der Waals surface area contributed by atoms with Gasteiger partial charge in [0, 0.05) is 49.4 Å². The van der Waals surface area contributed by atoms with Gasteiger partial charge in [0.1, 0.15) is 22.3 Å². The average Bonchev–Trinajstić information content (AvgIpc) is 3.77. The zero-order chi connectivity index (χ0) is 33.0. The lowest BCUT2D eigenvalue weighted by atomic mass is 9.94. The highest BCUT2D eigenvalue weighted by Crippen LogP contribution is 2.44. The molecule has 0 bridgehead atoms. The maximum Gasteiger partial charge on any atom is 0.164 e. The monoisotopic (exact) mass is 641 g/mol. The minimum Gasteiger partial charge on any atom is -0.455 e. The van der Waals surface area contributed by atoms with Crippen molar-refractivity contribution in [3.8, 4) is 56.4 Å². The number of nitrogens with zero attached hydrogens (tertiary/aromatic N) is 3. The van der Waals surface area contributed by atoms with E-state index in [0.29, 0.717) is 17.5 Å². The molecule has 3 aromatic heterocycles. The summed E-state index contributed by atoms with van der Waals surface area (Å²) in [6.45, 7) is 0. The largest absolute Gasteiger partial charge is 0.455 e. The van der Waals surface area contributed by atoms with Gasteiger partial charge < -0.3 is 8.83 Å². The molecule has 0 saturated heterocycles. The molecular weight excluding hydrogens is 615 g/mol. The van der Waals surface area contributed by atoms with Crippen LogP contribution in [0.3, 0.4) is 0 Å². The van der Waals surface area contributed by atoms with Crippen molar-refractivity contribution >= 4 is 43.9 Å². The normalized spacial score (nSPS) is 11.6. The summed E-state index contributed by atoms with van der Waals surface area (Å²) in [5.41, 5.74) is 10.1. The van der Waals surface area contributed by atoms with Gasteiger partial charge in [-0.3, -0.25) is 0 Å². The molecule has 5 nitrogen and oxygen atoms in total. The number of para-hydroxylation sites is 2. The first-order valence-electron chi connectivity index (χ1n) is 16.6. The van der Waals surface area contributed by atoms with Crippen LogP contribution in [0, 0.1) is 0 Å². The minimum atomic E-state index is 0.585. The highest BCUT2D eigenvalue weighted by Gasteiger charge is 2.22. The Labute approximate surface area is 287 Å². The van der Waals surface area contributed by atoms with E-state index in [1.165, 1.54) is 0 Å². The number of rotatable bonds is 5. The van der Waals surface area contributed by atoms with Crippen LogP contribution in [0.25, 0.3) is 100 Å². The lowest BCUT2D eigenvalue weighted by molar-refractivity contribution is 0.665. The second-order valence-corrected chi connectivity index (χ2v) is 12.4. The van der Waals surface area contributed by atoms with E-state index in [1.54, 1.807) is 0 Å². The average molecular weight is 642 g/mol. The number of hydrogen-bond donors (Lipinski definition) is 0. The lowest BCUT2D eigenvalue weighted by Gasteiger charge is -2.09. The van der Waals surface area contributed by atoms with E-state index in [0.717, 1.165) is 82.8 Å². The van der Waals surface area contributed by atoms with Gasteiger partial charge in [0.25, 0.3) is 0 Å². The van der Waals surface area contributed by atoms with Crippen LogP contribution in [0.4, 0.5) is 0 Å². The van der Waals surface area contributed by atoms with Crippen LogP contribution in [-0.4, -0.2) is 15.0 Å². The van der Waals surface area contributed by atoms with Crippen molar-refractivity contribution in [2.45, 2.75) is 0 Å². The summed E-state index contributed by atoms with van der Waals surface area (Å²) in [5.74, 6) is 1.82. The molecule has 3 heterocycles. The van der Waals surface area contributed by atoms with E-state index < -0.39 is 0 Å². The Balaban J connectivity index is 1.23. The molecule has 50 heavy (non-hydrogen) atoms. The maximum absolute atomic E-state index is 6.79. The number of hydrogen-bond acceptors (Lipinski definition) is 5. The third-order valence-corrected chi connectivity index (χ3v) is 9.34. The Morgan fingerprint density at radius 3 is 1.56 bits per heavy atom. The summed E-state index contributed by atoms with van der Waals surface area (Å²) >= 11 is 0. The Kier molecular flexibility index (Phi) is 6.42. The fourth-order valence-corrected chi connectivity index (χ4v) is 7.00. The summed E-state index contributed by atoms with van der Waals surface area (Å²) in [6.07, 6.45) is 0.